The second kappa shape index (κ2) is 6.17. The van der Waals surface area contributed by atoms with Crippen LogP contribution in [0.1, 0.15) is 28.7 Å². The van der Waals surface area contributed by atoms with E-state index < -0.39 is 0 Å². The zero-order chi connectivity index (χ0) is 15.4. The first-order chi connectivity index (χ1) is 9.99. The van der Waals surface area contributed by atoms with Gasteiger partial charge in [-0.1, -0.05) is 0 Å². The number of aromatic nitrogens is 3. The molecule has 7 nitrogen and oxygen atoms in total. The lowest BCUT2D eigenvalue weighted by Crippen LogP contribution is -2.16. The van der Waals surface area contributed by atoms with Gasteiger partial charge >= 0.3 is 0 Å². The fourth-order valence-electron chi connectivity index (χ4n) is 1.69. The normalized spacial score (nSPS) is 10.2. The number of nitrogens with one attached hydrogen (secondary N) is 1. The van der Waals surface area contributed by atoms with Crippen molar-refractivity contribution in [3.05, 3.63) is 35.2 Å². The number of nitrogen functional groups attached to an aromatic ring is 1. The van der Waals surface area contributed by atoms with Crippen LogP contribution in [0.15, 0.2) is 18.2 Å². The molecule has 0 bridgehead atoms. The molecule has 0 aliphatic heterocycles. The summed E-state index contributed by atoms with van der Waals surface area (Å²) in [4.78, 5) is 16.3. The van der Waals surface area contributed by atoms with Gasteiger partial charge in [-0.2, -0.15) is 5.10 Å². The quantitative estimate of drug-likeness (QED) is 0.830. The van der Waals surface area contributed by atoms with Crippen molar-refractivity contribution in [2.75, 3.05) is 17.7 Å². The fraction of sp³-hybridized carbons (Fsp3) is 0.286. The van der Waals surface area contributed by atoms with Gasteiger partial charge in [-0.05, 0) is 32.9 Å². The van der Waals surface area contributed by atoms with E-state index in [4.69, 9.17) is 10.5 Å². The average Bonchev–Trinajstić information content (AvgIpc) is 2.42. The molecule has 21 heavy (non-hydrogen) atoms. The summed E-state index contributed by atoms with van der Waals surface area (Å²) >= 11 is 0. The van der Waals surface area contributed by atoms with Gasteiger partial charge in [0.25, 0.3) is 5.91 Å². The number of carbonyl (C=O) groups is 1. The van der Waals surface area contributed by atoms with Gasteiger partial charge in [-0.25, -0.2) is 4.98 Å². The van der Waals surface area contributed by atoms with E-state index in [0.29, 0.717) is 29.3 Å². The Hall–Kier alpha value is -2.70. The molecular weight excluding hydrogens is 270 g/mol. The van der Waals surface area contributed by atoms with Crippen molar-refractivity contribution in [3.8, 4) is 5.75 Å². The second-order valence-corrected chi connectivity index (χ2v) is 4.48. The molecule has 0 saturated carbocycles. The highest BCUT2D eigenvalue weighted by molar-refractivity contribution is 6.04. The van der Waals surface area contributed by atoms with Crippen molar-refractivity contribution in [2.45, 2.75) is 20.8 Å². The van der Waals surface area contributed by atoms with Crippen LogP contribution in [0.25, 0.3) is 0 Å². The number of amides is 1. The predicted octanol–water partition coefficient (Wildman–Crippen LogP) is 1.72. The fourth-order valence-corrected chi connectivity index (χ4v) is 1.69. The molecule has 1 amide bonds. The maximum absolute atomic E-state index is 12.2. The minimum absolute atomic E-state index is 0.156. The summed E-state index contributed by atoms with van der Waals surface area (Å²) < 4.78 is 5.36. The number of hydrogen-bond acceptors (Lipinski definition) is 6. The van der Waals surface area contributed by atoms with Crippen LogP contribution in [0.4, 0.5) is 11.6 Å². The molecule has 110 valence electrons. The Morgan fingerprint density at radius 2 is 2.00 bits per heavy atom. The van der Waals surface area contributed by atoms with E-state index >= 15 is 0 Å². The van der Waals surface area contributed by atoms with Gasteiger partial charge in [0.05, 0.1) is 18.0 Å². The number of rotatable bonds is 4. The van der Waals surface area contributed by atoms with Gasteiger partial charge in [0, 0.05) is 17.3 Å². The van der Waals surface area contributed by atoms with Gasteiger partial charge in [-0.3, -0.25) is 10.1 Å². The molecule has 0 aliphatic carbocycles. The summed E-state index contributed by atoms with van der Waals surface area (Å²) in [5.41, 5.74) is 8.01. The van der Waals surface area contributed by atoms with Gasteiger partial charge in [0.15, 0.2) is 0 Å². The number of nitrogens with two attached hydrogens (primary N) is 1. The van der Waals surface area contributed by atoms with Crippen molar-refractivity contribution in [2.24, 2.45) is 0 Å². The third-order valence-corrected chi connectivity index (χ3v) is 2.82. The highest BCUT2D eigenvalue weighted by atomic mass is 16.5. The van der Waals surface area contributed by atoms with E-state index in [2.05, 4.69) is 20.5 Å². The first-order valence-corrected chi connectivity index (χ1v) is 6.52. The molecule has 1 aromatic heterocycles. The van der Waals surface area contributed by atoms with E-state index in [0.717, 1.165) is 5.69 Å². The maximum Gasteiger partial charge on any atom is 0.258 e. The number of nitrogens with zero attached hydrogens (tertiary/aromatic N) is 3. The molecule has 3 N–H and O–H groups in total. The first kappa shape index (κ1) is 14.7. The molecule has 2 aromatic rings. The van der Waals surface area contributed by atoms with E-state index in [9.17, 15) is 4.79 Å². The number of ether oxygens (including phenoxy) is 1. The summed E-state index contributed by atoms with van der Waals surface area (Å²) in [6.07, 6.45) is 0. The first-order valence-electron chi connectivity index (χ1n) is 6.52. The molecule has 7 heteroatoms. The third-order valence-electron chi connectivity index (χ3n) is 2.82. The molecule has 0 fully saturated rings. The topological polar surface area (TPSA) is 103 Å². The lowest BCUT2D eigenvalue weighted by molar-refractivity contribution is 0.102. The van der Waals surface area contributed by atoms with Crippen LogP contribution in [0.5, 0.6) is 5.75 Å². The van der Waals surface area contributed by atoms with Crippen LogP contribution < -0.4 is 15.8 Å². The van der Waals surface area contributed by atoms with Crippen molar-refractivity contribution in [1.82, 2.24) is 15.2 Å². The Balaban J connectivity index is 2.21. The molecule has 0 aliphatic rings. The lowest BCUT2D eigenvalue weighted by Gasteiger charge is -2.08. The standard InChI is InChI=1S/C14H17N5O2/c1-4-21-12-6-10(5-11(15)7-12)13(20)17-14-16-8(2)9(3)18-19-14/h5-7H,4,15H2,1-3H3,(H,16,17,19,20). The zero-order valence-electron chi connectivity index (χ0n) is 12.2. The molecule has 2 rings (SSSR count). The van der Waals surface area contributed by atoms with Crippen LogP contribution in [0, 0.1) is 13.8 Å². The average molecular weight is 287 g/mol. The molecule has 0 saturated heterocycles. The summed E-state index contributed by atoms with van der Waals surface area (Å²) in [5.74, 6) is 0.332. The van der Waals surface area contributed by atoms with E-state index in [1.807, 2.05) is 6.92 Å². The number of carbonyl (C=O) groups excluding carboxylic acids is 1. The molecule has 1 aromatic carbocycles. The predicted molar refractivity (Wildman–Crippen MR) is 79.3 cm³/mol. The summed E-state index contributed by atoms with van der Waals surface area (Å²) in [5, 5.41) is 10.3. The smallest absolute Gasteiger partial charge is 0.258 e. The summed E-state index contributed by atoms with van der Waals surface area (Å²) in [7, 11) is 0. The van der Waals surface area contributed by atoms with Crippen molar-refractivity contribution >= 4 is 17.5 Å². The Morgan fingerprint density at radius 1 is 1.24 bits per heavy atom. The molecule has 0 radical (unpaired) electrons. The zero-order valence-corrected chi connectivity index (χ0v) is 12.2. The van der Waals surface area contributed by atoms with E-state index in [1.54, 1.807) is 32.0 Å². The SMILES string of the molecule is CCOc1cc(N)cc(C(=O)Nc2nnc(C)c(C)n2)c1. The summed E-state index contributed by atoms with van der Waals surface area (Å²) in [6.45, 7) is 5.95. The van der Waals surface area contributed by atoms with E-state index in [-0.39, 0.29) is 11.9 Å². The number of anilines is 2. The Kier molecular flexibility index (Phi) is 4.32. The molecule has 1 heterocycles. The van der Waals surface area contributed by atoms with E-state index in [1.165, 1.54) is 0 Å². The lowest BCUT2D eigenvalue weighted by atomic mass is 10.2. The van der Waals surface area contributed by atoms with Gasteiger partial charge in [0.2, 0.25) is 5.95 Å². The van der Waals surface area contributed by atoms with Crippen LogP contribution in [0.3, 0.4) is 0 Å². The summed E-state index contributed by atoms with van der Waals surface area (Å²) in [6, 6.07) is 4.84. The van der Waals surface area contributed by atoms with Gasteiger partial charge < -0.3 is 10.5 Å². The van der Waals surface area contributed by atoms with Crippen molar-refractivity contribution < 1.29 is 9.53 Å². The van der Waals surface area contributed by atoms with Crippen LogP contribution in [-0.4, -0.2) is 27.7 Å². The number of aryl methyl sites for hydroxylation is 2. The highest BCUT2D eigenvalue weighted by Gasteiger charge is 2.11. The molecule has 0 atom stereocenters. The number of hydrogen-bond donors (Lipinski definition) is 2. The number of benzene rings is 1. The second-order valence-electron chi connectivity index (χ2n) is 4.48. The Bertz CT molecular complexity index is 672. The minimum Gasteiger partial charge on any atom is -0.494 e. The molecule has 0 spiro atoms. The largest absolute Gasteiger partial charge is 0.494 e. The Labute approximate surface area is 122 Å². The third kappa shape index (κ3) is 3.65. The monoisotopic (exact) mass is 287 g/mol. The van der Waals surface area contributed by atoms with Gasteiger partial charge in [-0.15, -0.1) is 5.10 Å². The highest BCUT2D eigenvalue weighted by Crippen LogP contribution is 2.19. The Morgan fingerprint density at radius 3 is 2.67 bits per heavy atom. The van der Waals surface area contributed by atoms with Crippen LogP contribution >= 0.6 is 0 Å². The molecular formula is C14H17N5O2. The van der Waals surface area contributed by atoms with Crippen molar-refractivity contribution in [1.29, 1.82) is 0 Å². The van der Waals surface area contributed by atoms with Crippen LogP contribution in [-0.2, 0) is 0 Å². The maximum atomic E-state index is 12.2. The molecule has 0 unspecified atom stereocenters. The van der Waals surface area contributed by atoms with Crippen LogP contribution in [0.2, 0.25) is 0 Å². The minimum atomic E-state index is -0.367. The van der Waals surface area contributed by atoms with Crippen molar-refractivity contribution in [3.63, 3.8) is 0 Å². The van der Waals surface area contributed by atoms with Gasteiger partial charge in [0.1, 0.15) is 5.75 Å².